The Balaban J connectivity index is 1.65. The summed E-state index contributed by atoms with van der Waals surface area (Å²) in [6.07, 6.45) is 0.826. The molecule has 156 valence electrons. The van der Waals surface area contributed by atoms with E-state index in [0.29, 0.717) is 23.1 Å². The maximum absolute atomic E-state index is 12.9. The fourth-order valence-corrected chi connectivity index (χ4v) is 3.40. The number of nitrogens with one attached hydrogen (secondary N) is 1. The highest BCUT2D eigenvalue weighted by Gasteiger charge is 2.15. The van der Waals surface area contributed by atoms with Crippen LogP contribution in [0.5, 0.6) is 5.75 Å². The van der Waals surface area contributed by atoms with E-state index in [-0.39, 0.29) is 11.9 Å². The Kier molecular flexibility index (Phi) is 7.53. The molecule has 0 aliphatic rings. The van der Waals surface area contributed by atoms with E-state index in [1.807, 2.05) is 36.4 Å². The van der Waals surface area contributed by atoms with Gasteiger partial charge in [0.1, 0.15) is 12.4 Å². The van der Waals surface area contributed by atoms with Crippen LogP contribution < -0.4 is 10.1 Å². The zero-order valence-corrected chi connectivity index (χ0v) is 18.4. The molecule has 0 aliphatic heterocycles. The summed E-state index contributed by atoms with van der Waals surface area (Å²) in [6.45, 7) is 6.82. The Morgan fingerprint density at radius 1 is 0.967 bits per heavy atom. The van der Waals surface area contributed by atoms with Gasteiger partial charge in [-0.05, 0) is 65.4 Å². The second-order valence-corrected chi connectivity index (χ2v) is 8.14. The Hall–Kier alpha value is -2.78. The Bertz CT molecular complexity index is 965. The molecule has 0 saturated carbocycles. The number of carbonyl (C=O) groups is 1. The standard InChI is InChI=1S/C26H28ClNO2/c1-4-25(21-10-8-20(9-11-21)18(2)3)28-26(29)22-7-5-6-19(16-22)17-30-24-14-12-23(27)13-15-24/h5-16,18,25H,4,17H2,1-3H3,(H,28,29)/t25-/m1/s1. The Morgan fingerprint density at radius 2 is 1.63 bits per heavy atom. The van der Waals surface area contributed by atoms with Gasteiger partial charge in [-0.1, -0.05) is 68.8 Å². The molecule has 0 radical (unpaired) electrons. The van der Waals surface area contributed by atoms with Crippen molar-refractivity contribution in [3.05, 3.63) is 100 Å². The minimum absolute atomic E-state index is 0.0207. The van der Waals surface area contributed by atoms with Gasteiger partial charge >= 0.3 is 0 Å². The van der Waals surface area contributed by atoms with Crippen molar-refractivity contribution >= 4 is 17.5 Å². The number of carbonyl (C=O) groups excluding carboxylic acids is 1. The second-order valence-electron chi connectivity index (χ2n) is 7.70. The van der Waals surface area contributed by atoms with Crippen LogP contribution in [-0.4, -0.2) is 5.91 Å². The summed E-state index contributed by atoms with van der Waals surface area (Å²) in [5.41, 5.74) is 3.99. The van der Waals surface area contributed by atoms with E-state index in [1.54, 1.807) is 12.1 Å². The van der Waals surface area contributed by atoms with Crippen molar-refractivity contribution in [2.24, 2.45) is 0 Å². The average Bonchev–Trinajstić information content (AvgIpc) is 2.77. The van der Waals surface area contributed by atoms with Gasteiger partial charge in [0, 0.05) is 10.6 Å². The molecule has 0 aliphatic carbocycles. The summed E-state index contributed by atoms with van der Waals surface area (Å²) in [7, 11) is 0. The number of hydrogen-bond donors (Lipinski definition) is 1. The molecule has 1 N–H and O–H groups in total. The van der Waals surface area contributed by atoms with E-state index >= 15 is 0 Å². The first-order chi connectivity index (χ1) is 14.5. The maximum atomic E-state index is 12.9. The lowest BCUT2D eigenvalue weighted by atomic mass is 9.98. The van der Waals surface area contributed by atoms with Crippen LogP contribution >= 0.6 is 11.6 Å². The summed E-state index contributed by atoms with van der Waals surface area (Å²) in [4.78, 5) is 12.9. The summed E-state index contributed by atoms with van der Waals surface area (Å²) >= 11 is 5.90. The highest BCUT2D eigenvalue weighted by molar-refractivity contribution is 6.30. The number of hydrogen-bond acceptors (Lipinski definition) is 2. The van der Waals surface area contributed by atoms with Gasteiger partial charge < -0.3 is 10.1 Å². The number of benzene rings is 3. The molecule has 1 amide bonds. The second kappa shape index (κ2) is 10.3. The van der Waals surface area contributed by atoms with Crippen molar-refractivity contribution in [3.8, 4) is 5.75 Å². The number of amides is 1. The van der Waals surface area contributed by atoms with Crippen molar-refractivity contribution in [1.29, 1.82) is 0 Å². The Morgan fingerprint density at radius 3 is 2.27 bits per heavy atom. The van der Waals surface area contributed by atoms with Crippen LogP contribution in [0.4, 0.5) is 0 Å². The van der Waals surface area contributed by atoms with Gasteiger partial charge in [-0.3, -0.25) is 4.79 Å². The fraction of sp³-hybridized carbons (Fsp3) is 0.269. The number of halogens is 1. The largest absolute Gasteiger partial charge is 0.489 e. The number of ether oxygens (including phenoxy) is 1. The van der Waals surface area contributed by atoms with Crippen LogP contribution in [0.15, 0.2) is 72.8 Å². The summed E-state index contributed by atoms with van der Waals surface area (Å²) in [5, 5.41) is 3.83. The van der Waals surface area contributed by atoms with Crippen LogP contribution in [0, 0.1) is 0 Å². The lowest BCUT2D eigenvalue weighted by molar-refractivity contribution is 0.0935. The van der Waals surface area contributed by atoms with Gasteiger partial charge in [-0.25, -0.2) is 0 Å². The topological polar surface area (TPSA) is 38.3 Å². The zero-order chi connectivity index (χ0) is 21.5. The molecule has 0 saturated heterocycles. The van der Waals surface area contributed by atoms with Crippen molar-refractivity contribution in [3.63, 3.8) is 0 Å². The first kappa shape index (κ1) is 21.9. The molecule has 0 aromatic heterocycles. The average molecular weight is 422 g/mol. The molecule has 4 heteroatoms. The van der Waals surface area contributed by atoms with Gasteiger partial charge in [0.25, 0.3) is 5.91 Å². The lowest BCUT2D eigenvalue weighted by Gasteiger charge is -2.19. The minimum Gasteiger partial charge on any atom is -0.489 e. The summed E-state index contributed by atoms with van der Waals surface area (Å²) < 4.78 is 5.79. The van der Waals surface area contributed by atoms with Crippen molar-refractivity contribution < 1.29 is 9.53 Å². The molecule has 0 unspecified atom stereocenters. The molecule has 3 nitrogen and oxygen atoms in total. The predicted molar refractivity (Wildman–Crippen MR) is 123 cm³/mol. The quantitative estimate of drug-likeness (QED) is 0.428. The lowest BCUT2D eigenvalue weighted by Crippen LogP contribution is -2.28. The molecular formula is C26H28ClNO2. The SMILES string of the molecule is CC[C@@H](NC(=O)c1cccc(COc2ccc(Cl)cc2)c1)c1ccc(C(C)C)cc1. The molecule has 0 heterocycles. The van der Waals surface area contributed by atoms with Crippen LogP contribution in [0.3, 0.4) is 0 Å². The van der Waals surface area contributed by atoms with Crippen LogP contribution in [0.1, 0.15) is 66.2 Å². The highest BCUT2D eigenvalue weighted by Crippen LogP contribution is 2.22. The van der Waals surface area contributed by atoms with Crippen LogP contribution in [0.2, 0.25) is 5.02 Å². The van der Waals surface area contributed by atoms with E-state index in [0.717, 1.165) is 23.3 Å². The Labute approximate surface area is 184 Å². The highest BCUT2D eigenvalue weighted by atomic mass is 35.5. The van der Waals surface area contributed by atoms with E-state index < -0.39 is 0 Å². The predicted octanol–water partition coefficient (Wildman–Crippen LogP) is 6.92. The molecule has 3 aromatic carbocycles. The third-order valence-electron chi connectivity index (χ3n) is 5.13. The molecule has 0 fully saturated rings. The molecule has 3 rings (SSSR count). The fourth-order valence-electron chi connectivity index (χ4n) is 3.28. The molecule has 0 spiro atoms. The van der Waals surface area contributed by atoms with Crippen molar-refractivity contribution in [2.45, 2.75) is 45.8 Å². The van der Waals surface area contributed by atoms with Crippen molar-refractivity contribution in [1.82, 2.24) is 5.32 Å². The van der Waals surface area contributed by atoms with Gasteiger partial charge in [-0.15, -0.1) is 0 Å². The van der Waals surface area contributed by atoms with Crippen LogP contribution in [-0.2, 0) is 6.61 Å². The van der Waals surface area contributed by atoms with Crippen LogP contribution in [0.25, 0.3) is 0 Å². The first-order valence-electron chi connectivity index (χ1n) is 10.3. The minimum atomic E-state index is -0.0804. The van der Waals surface area contributed by atoms with Crippen molar-refractivity contribution in [2.75, 3.05) is 0 Å². The first-order valence-corrected chi connectivity index (χ1v) is 10.7. The summed E-state index contributed by atoms with van der Waals surface area (Å²) in [6, 6.07) is 23.3. The van der Waals surface area contributed by atoms with Gasteiger partial charge in [0.2, 0.25) is 0 Å². The monoisotopic (exact) mass is 421 g/mol. The molecule has 0 bridgehead atoms. The van der Waals surface area contributed by atoms with E-state index in [9.17, 15) is 4.79 Å². The van der Waals surface area contributed by atoms with E-state index in [4.69, 9.17) is 16.3 Å². The summed E-state index contributed by atoms with van der Waals surface area (Å²) in [5.74, 6) is 1.15. The van der Waals surface area contributed by atoms with Gasteiger partial charge in [0.15, 0.2) is 0 Å². The van der Waals surface area contributed by atoms with Gasteiger partial charge in [0.05, 0.1) is 6.04 Å². The third kappa shape index (κ3) is 5.87. The third-order valence-corrected chi connectivity index (χ3v) is 5.38. The van der Waals surface area contributed by atoms with E-state index in [1.165, 1.54) is 5.56 Å². The smallest absolute Gasteiger partial charge is 0.251 e. The van der Waals surface area contributed by atoms with Gasteiger partial charge in [-0.2, -0.15) is 0 Å². The zero-order valence-electron chi connectivity index (χ0n) is 17.7. The number of rotatable bonds is 8. The normalized spacial score (nSPS) is 11.9. The molecule has 3 aromatic rings. The van der Waals surface area contributed by atoms with E-state index in [2.05, 4.69) is 50.4 Å². The maximum Gasteiger partial charge on any atom is 0.251 e. The molecule has 1 atom stereocenters. The molecule has 30 heavy (non-hydrogen) atoms. The molecular weight excluding hydrogens is 394 g/mol.